The van der Waals surface area contributed by atoms with Crippen LogP contribution in [-0.4, -0.2) is 41.1 Å². The lowest BCUT2D eigenvalue weighted by atomic mass is 10.3. The number of ether oxygens (including phenoxy) is 1. The highest BCUT2D eigenvalue weighted by atomic mass is 32.1. The molecule has 0 aliphatic carbocycles. The largest absolute Gasteiger partial charge is 0.385 e. The SMILES string of the molecule is COCCCNC(=S)Nc1cn(C)nc1C(N)=O. The minimum absolute atomic E-state index is 0.165. The van der Waals surface area contributed by atoms with E-state index in [9.17, 15) is 4.79 Å². The first-order valence-corrected chi connectivity index (χ1v) is 5.82. The van der Waals surface area contributed by atoms with Crippen LogP contribution in [0.2, 0.25) is 0 Å². The molecule has 0 spiro atoms. The number of nitrogens with one attached hydrogen (secondary N) is 2. The fourth-order valence-electron chi connectivity index (χ4n) is 1.35. The average Bonchev–Trinajstić information content (AvgIpc) is 2.66. The molecule has 1 amide bonds. The van der Waals surface area contributed by atoms with E-state index >= 15 is 0 Å². The zero-order valence-electron chi connectivity index (χ0n) is 10.4. The molecular formula is C10H17N5O2S. The number of hydrogen-bond acceptors (Lipinski definition) is 4. The summed E-state index contributed by atoms with van der Waals surface area (Å²) in [5, 5.41) is 10.2. The molecule has 0 aromatic carbocycles. The fourth-order valence-corrected chi connectivity index (χ4v) is 1.56. The summed E-state index contributed by atoms with van der Waals surface area (Å²) >= 11 is 5.09. The Morgan fingerprint density at radius 2 is 2.39 bits per heavy atom. The average molecular weight is 271 g/mol. The standard InChI is InChI=1S/C10H17N5O2S/c1-15-6-7(8(14-15)9(11)16)13-10(18)12-4-3-5-17-2/h6H,3-5H2,1-2H3,(H2,11,16)(H2,12,13,18). The van der Waals surface area contributed by atoms with Crippen molar-refractivity contribution in [2.75, 3.05) is 25.6 Å². The van der Waals surface area contributed by atoms with Gasteiger partial charge in [-0.2, -0.15) is 5.10 Å². The third kappa shape index (κ3) is 4.30. The molecule has 0 unspecified atom stereocenters. The number of anilines is 1. The Morgan fingerprint density at radius 1 is 1.67 bits per heavy atom. The molecule has 1 rings (SSSR count). The van der Waals surface area contributed by atoms with Gasteiger partial charge in [-0.1, -0.05) is 0 Å². The van der Waals surface area contributed by atoms with E-state index in [1.165, 1.54) is 4.68 Å². The quantitative estimate of drug-likeness (QED) is 0.492. The van der Waals surface area contributed by atoms with Crippen LogP contribution in [0.3, 0.4) is 0 Å². The molecule has 0 aliphatic rings. The van der Waals surface area contributed by atoms with Gasteiger partial charge in [0, 0.05) is 33.5 Å². The zero-order valence-corrected chi connectivity index (χ0v) is 11.2. The maximum absolute atomic E-state index is 11.1. The van der Waals surface area contributed by atoms with Gasteiger partial charge in [-0.15, -0.1) is 0 Å². The highest BCUT2D eigenvalue weighted by molar-refractivity contribution is 7.80. The van der Waals surface area contributed by atoms with Crippen molar-refractivity contribution >= 4 is 28.9 Å². The summed E-state index contributed by atoms with van der Waals surface area (Å²) in [4.78, 5) is 11.1. The molecule has 0 fully saturated rings. The van der Waals surface area contributed by atoms with Gasteiger partial charge in [-0.3, -0.25) is 9.48 Å². The van der Waals surface area contributed by atoms with Crippen LogP contribution in [0.4, 0.5) is 5.69 Å². The van der Waals surface area contributed by atoms with E-state index in [4.69, 9.17) is 22.7 Å². The molecule has 1 aromatic heterocycles. The van der Waals surface area contributed by atoms with Gasteiger partial charge in [-0.25, -0.2) is 0 Å². The Hall–Kier alpha value is -1.67. The van der Waals surface area contributed by atoms with E-state index in [1.807, 2.05) is 0 Å². The van der Waals surface area contributed by atoms with Gasteiger partial charge in [0.25, 0.3) is 5.91 Å². The predicted molar refractivity (Wildman–Crippen MR) is 72.4 cm³/mol. The third-order valence-corrected chi connectivity index (χ3v) is 2.37. The number of aromatic nitrogens is 2. The van der Waals surface area contributed by atoms with Gasteiger partial charge in [0.1, 0.15) is 0 Å². The molecule has 1 aromatic rings. The van der Waals surface area contributed by atoms with Crippen LogP contribution < -0.4 is 16.4 Å². The minimum Gasteiger partial charge on any atom is -0.385 e. The summed E-state index contributed by atoms with van der Waals surface area (Å²) in [6, 6.07) is 0. The molecule has 0 radical (unpaired) electrons. The minimum atomic E-state index is -0.597. The van der Waals surface area contributed by atoms with E-state index in [2.05, 4.69) is 15.7 Å². The van der Waals surface area contributed by atoms with Crippen molar-refractivity contribution in [2.45, 2.75) is 6.42 Å². The van der Waals surface area contributed by atoms with Crippen LogP contribution in [0.25, 0.3) is 0 Å². The Kier molecular flexibility index (Phi) is 5.53. The number of methoxy groups -OCH3 is 1. The van der Waals surface area contributed by atoms with Crippen LogP contribution in [0.15, 0.2) is 6.20 Å². The number of thiocarbonyl (C=S) groups is 1. The van der Waals surface area contributed by atoms with Gasteiger partial charge < -0.3 is 21.1 Å². The first kappa shape index (κ1) is 14.4. The van der Waals surface area contributed by atoms with Crippen LogP contribution in [0, 0.1) is 0 Å². The highest BCUT2D eigenvalue weighted by Gasteiger charge is 2.13. The Morgan fingerprint density at radius 3 is 3.00 bits per heavy atom. The molecule has 18 heavy (non-hydrogen) atoms. The molecule has 0 aliphatic heterocycles. The van der Waals surface area contributed by atoms with E-state index in [0.29, 0.717) is 24.0 Å². The van der Waals surface area contributed by atoms with Crippen molar-refractivity contribution < 1.29 is 9.53 Å². The number of nitrogens with two attached hydrogens (primary N) is 1. The van der Waals surface area contributed by atoms with Gasteiger partial charge in [0.2, 0.25) is 0 Å². The Balaban J connectivity index is 2.51. The smallest absolute Gasteiger partial charge is 0.271 e. The van der Waals surface area contributed by atoms with Crippen molar-refractivity contribution in [3.05, 3.63) is 11.9 Å². The molecule has 8 heteroatoms. The van der Waals surface area contributed by atoms with E-state index in [-0.39, 0.29) is 5.69 Å². The van der Waals surface area contributed by atoms with Crippen LogP contribution >= 0.6 is 12.2 Å². The summed E-state index contributed by atoms with van der Waals surface area (Å²) in [6.45, 7) is 1.35. The zero-order chi connectivity index (χ0) is 13.5. The second kappa shape index (κ2) is 6.92. The van der Waals surface area contributed by atoms with E-state index in [0.717, 1.165) is 6.42 Å². The second-order valence-electron chi connectivity index (χ2n) is 3.66. The highest BCUT2D eigenvalue weighted by Crippen LogP contribution is 2.11. The van der Waals surface area contributed by atoms with Gasteiger partial charge in [0.05, 0.1) is 5.69 Å². The summed E-state index contributed by atoms with van der Waals surface area (Å²) in [7, 11) is 3.35. The van der Waals surface area contributed by atoms with Gasteiger partial charge in [0.15, 0.2) is 10.8 Å². The summed E-state index contributed by atoms with van der Waals surface area (Å²) in [5.41, 5.74) is 5.87. The monoisotopic (exact) mass is 271 g/mol. The lowest BCUT2D eigenvalue weighted by Gasteiger charge is -2.09. The lowest BCUT2D eigenvalue weighted by molar-refractivity contribution is 0.0995. The fraction of sp³-hybridized carbons (Fsp3) is 0.500. The lowest BCUT2D eigenvalue weighted by Crippen LogP contribution is -2.30. The van der Waals surface area contributed by atoms with Crippen LogP contribution in [0.1, 0.15) is 16.9 Å². The number of aryl methyl sites for hydroxylation is 1. The van der Waals surface area contributed by atoms with E-state index < -0.39 is 5.91 Å². The first-order valence-electron chi connectivity index (χ1n) is 5.42. The van der Waals surface area contributed by atoms with E-state index in [1.54, 1.807) is 20.4 Å². The molecular weight excluding hydrogens is 254 g/mol. The Labute approximate surface area is 111 Å². The van der Waals surface area contributed by atoms with Crippen molar-refractivity contribution in [2.24, 2.45) is 12.8 Å². The number of carbonyl (C=O) groups is 1. The van der Waals surface area contributed by atoms with Crippen LogP contribution in [0.5, 0.6) is 0 Å². The van der Waals surface area contributed by atoms with Gasteiger partial charge in [-0.05, 0) is 18.6 Å². The normalized spacial score (nSPS) is 10.1. The summed E-state index contributed by atoms with van der Waals surface area (Å²) in [6.07, 6.45) is 2.48. The number of hydrogen-bond donors (Lipinski definition) is 3. The molecule has 0 saturated heterocycles. The third-order valence-electron chi connectivity index (χ3n) is 2.12. The van der Waals surface area contributed by atoms with Crippen molar-refractivity contribution in [1.82, 2.24) is 15.1 Å². The topological polar surface area (TPSA) is 94.2 Å². The molecule has 7 nitrogen and oxygen atoms in total. The number of amides is 1. The molecule has 0 bridgehead atoms. The number of carbonyl (C=O) groups excluding carboxylic acids is 1. The summed E-state index contributed by atoms with van der Waals surface area (Å²) in [5.74, 6) is -0.597. The maximum Gasteiger partial charge on any atom is 0.271 e. The van der Waals surface area contributed by atoms with Crippen LogP contribution in [-0.2, 0) is 11.8 Å². The summed E-state index contributed by atoms with van der Waals surface area (Å²) < 4.78 is 6.41. The number of rotatable bonds is 6. The first-order chi connectivity index (χ1) is 8.54. The predicted octanol–water partition coefficient (Wildman–Crippen LogP) is -0.158. The molecule has 4 N–H and O–H groups in total. The molecule has 100 valence electrons. The van der Waals surface area contributed by atoms with Crippen molar-refractivity contribution in [3.8, 4) is 0 Å². The van der Waals surface area contributed by atoms with Crippen molar-refractivity contribution in [1.29, 1.82) is 0 Å². The van der Waals surface area contributed by atoms with Crippen molar-refractivity contribution in [3.63, 3.8) is 0 Å². The Bertz CT molecular complexity index is 432. The molecule has 1 heterocycles. The molecule has 0 atom stereocenters. The molecule has 0 saturated carbocycles. The second-order valence-corrected chi connectivity index (χ2v) is 4.06. The van der Waals surface area contributed by atoms with Gasteiger partial charge >= 0.3 is 0 Å². The number of primary amides is 1. The number of nitrogens with zero attached hydrogens (tertiary/aromatic N) is 2. The maximum atomic E-state index is 11.1.